The van der Waals surface area contributed by atoms with Gasteiger partial charge in [-0.15, -0.1) is 11.3 Å². The molecule has 0 saturated carbocycles. The van der Waals surface area contributed by atoms with Crippen molar-refractivity contribution in [2.75, 3.05) is 6.61 Å². The molecule has 0 amide bonds. The zero-order valence-corrected chi connectivity index (χ0v) is 11.7. The van der Waals surface area contributed by atoms with Crippen molar-refractivity contribution < 1.29 is 14.3 Å². The first-order valence-corrected chi connectivity index (χ1v) is 6.64. The van der Waals surface area contributed by atoms with Crippen LogP contribution in [-0.4, -0.2) is 23.1 Å². The van der Waals surface area contributed by atoms with E-state index in [2.05, 4.69) is 15.9 Å². The highest BCUT2D eigenvalue weighted by Crippen LogP contribution is 2.32. The first-order valence-electron chi connectivity index (χ1n) is 5.03. The van der Waals surface area contributed by atoms with Crippen LogP contribution in [0, 0.1) is 0 Å². The summed E-state index contributed by atoms with van der Waals surface area (Å²) in [5, 5.41) is 0.861. The summed E-state index contributed by atoms with van der Waals surface area (Å²) in [7, 11) is 0. The SMILES string of the molecule is CCOC(=O)c1cc2cc(Br)sc2n1C(C)=O. The lowest BCUT2D eigenvalue weighted by Gasteiger charge is -2.04. The van der Waals surface area contributed by atoms with Crippen molar-refractivity contribution in [2.24, 2.45) is 0 Å². The van der Waals surface area contributed by atoms with E-state index in [-0.39, 0.29) is 11.6 Å². The molecule has 4 nitrogen and oxygen atoms in total. The van der Waals surface area contributed by atoms with Gasteiger partial charge in [-0.25, -0.2) is 4.79 Å². The van der Waals surface area contributed by atoms with E-state index in [1.54, 1.807) is 13.0 Å². The summed E-state index contributed by atoms with van der Waals surface area (Å²) in [6.45, 7) is 3.45. The second-order valence-electron chi connectivity index (χ2n) is 3.42. The van der Waals surface area contributed by atoms with Gasteiger partial charge in [0.25, 0.3) is 0 Å². The molecule has 0 N–H and O–H groups in total. The van der Waals surface area contributed by atoms with E-state index in [0.29, 0.717) is 6.61 Å². The van der Waals surface area contributed by atoms with Crippen molar-refractivity contribution in [1.29, 1.82) is 0 Å². The van der Waals surface area contributed by atoms with Crippen LogP contribution in [0.2, 0.25) is 0 Å². The molecule has 0 atom stereocenters. The summed E-state index contributed by atoms with van der Waals surface area (Å²) in [5.74, 6) is -0.667. The van der Waals surface area contributed by atoms with Gasteiger partial charge in [-0.05, 0) is 35.0 Å². The maximum Gasteiger partial charge on any atom is 0.355 e. The molecule has 0 fully saturated rings. The molecule has 2 aromatic rings. The Hall–Kier alpha value is -1.14. The summed E-state index contributed by atoms with van der Waals surface area (Å²) >= 11 is 4.77. The van der Waals surface area contributed by atoms with Gasteiger partial charge in [-0.1, -0.05) is 0 Å². The summed E-state index contributed by atoms with van der Waals surface area (Å²) in [4.78, 5) is 24.1. The Morgan fingerprint density at radius 1 is 1.47 bits per heavy atom. The molecule has 2 heterocycles. The van der Waals surface area contributed by atoms with Gasteiger partial charge >= 0.3 is 5.97 Å². The van der Waals surface area contributed by atoms with Gasteiger partial charge in [0.15, 0.2) is 0 Å². The van der Waals surface area contributed by atoms with Gasteiger partial charge in [-0.2, -0.15) is 0 Å². The minimum atomic E-state index is -0.470. The fourth-order valence-corrected chi connectivity index (χ4v) is 3.26. The molecule has 0 unspecified atom stereocenters. The van der Waals surface area contributed by atoms with Gasteiger partial charge in [0.05, 0.1) is 10.4 Å². The van der Waals surface area contributed by atoms with Crippen molar-refractivity contribution in [3.05, 3.63) is 21.6 Å². The number of hydrogen-bond acceptors (Lipinski definition) is 4. The molecule has 0 spiro atoms. The van der Waals surface area contributed by atoms with Gasteiger partial charge in [0.1, 0.15) is 10.5 Å². The van der Waals surface area contributed by atoms with E-state index in [4.69, 9.17) is 4.74 Å². The average Bonchev–Trinajstić information content (AvgIpc) is 2.72. The fourth-order valence-electron chi connectivity index (χ4n) is 1.63. The Morgan fingerprint density at radius 3 is 2.76 bits per heavy atom. The Morgan fingerprint density at radius 2 is 2.18 bits per heavy atom. The molecule has 6 heteroatoms. The maximum absolute atomic E-state index is 11.7. The second kappa shape index (κ2) is 4.62. The summed E-state index contributed by atoms with van der Waals surface area (Å²) in [5.41, 5.74) is 0.285. The lowest BCUT2D eigenvalue weighted by atomic mass is 10.3. The molecule has 17 heavy (non-hydrogen) atoms. The van der Waals surface area contributed by atoms with E-state index < -0.39 is 5.97 Å². The Labute approximate surface area is 110 Å². The molecular formula is C11H10BrNO3S. The highest BCUT2D eigenvalue weighted by atomic mass is 79.9. The average molecular weight is 316 g/mol. The number of halogens is 1. The van der Waals surface area contributed by atoms with Crippen LogP contribution in [0.1, 0.15) is 29.1 Å². The predicted molar refractivity (Wildman–Crippen MR) is 69.8 cm³/mol. The van der Waals surface area contributed by atoms with Gasteiger partial charge < -0.3 is 4.74 Å². The highest BCUT2D eigenvalue weighted by molar-refractivity contribution is 9.11. The van der Waals surface area contributed by atoms with Crippen LogP contribution in [0.5, 0.6) is 0 Å². The van der Waals surface area contributed by atoms with Gasteiger partial charge in [0.2, 0.25) is 5.91 Å². The number of aromatic nitrogens is 1. The van der Waals surface area contributed by atoms with E-state index in [1.807, 2.05) is 6.07 Å². The lowest BCUT2D eigenvalue weighted by molar-refractivity contribution is 0.0510. The van der Waals surface area contributed by atoms with E-state index >= 15 is 0 Å². The van der Waals surface area contributed by atoms with Gasteiger partial charge in [-0.3, -0.25) is 9.36 Å². The number of carbonyl (C=O) groups excluding carboxylic acids is 2. The molecule has 2 aromatic heterocycles. The maximum atomic E-state index is 11.7. The molecule has 0 radical (unpaired) electrons. The van der Waals surface area contributed by atoms with Crippen LogP contribution in [0.15, 0.2) is 15.9 Å². The van der Waals surface area contributed by atoms with Crippen LogP contribution in [0.25, 0.3) is 10.2 Å². The third-order valence-electron chi connectivity index (χ3n) is 2.25. The first-order chi connectivity index (χ1) is 8.04. The van der Waals surface area contributed by atoms with Crippen LogP contribution >= 0.6 is 27.3 Å². The van der Waals surface area contributed by atoms with Crippen molar-refractivity contribution >= 4 is 49.4 Å². The molecule has 0 aromatic carbocycles. The van der Waals surface area contributed by atoms with E-state index in [1.165, 1.54) is 22.8 Å². The number of rotatable bonds is 2. The number of esters is 1. The number of thiophene rings is 1. The Kier molecular flexibility index (Phi) is 3.35. The fraction of sp³-hybridized carbons (Fsp3) is 0.273. The zero-order valence-electron chi connectivity index (χ0n) is 9.32. The summed E-state index contributed by atoms with van der Waals surface area (Å²) < 4.78 is 7.24. The number of hydrogen-bond donors (Lipinski definition) is 0. The van der Waals surface area contributed by atoms with Crippen molar-refractivity contribution in [3.8, 4) is 0 Å². The summed E-state index contributed by atoms with van der Waals surface area (Å²) in [6.07, 6.45) is 0. The quantitative estimate of drug-likeness (QED) is 0.799. The largest absolute Gasteiger partial charge is 0.461 e. The monoisotopic (exact) mass is 315 g/mol. The van der Waals surface area contributed by atoms with E-state index in [0.717, 1.165) is 14.0 Å². The summed E-state index contributed by atoms with van der Waals surface area (Å²) in [6, 6.07) is 3.55. The molecule has 0 aliphatic rings. The standard InChI is InChI=1S/C11H10BrNO3S/c1-3-16-11(15)8-4-7-5-9(12)17-10(7)13(8)6(2)14/h4-5H,3H2,1-2H3. The lowest BCUT2D eigenvalue weighted by Crippen LogP contribution is -2.15. The molecule has 0 bridgehead atoms. The molecule has 0 aliphatic heterocycles. The number of fused-ring (bicyclic) bond motifs is 1. The molecule has 0 aliphatic carbocycles. The van der Waals surface area contributed by atoms with Crippen LogP contribution in [-0.2, 0) is 4.74 Å². The third kappa shape index (κ3) is 2.14. The van der Waals surface area contributed by atoms with Crippen LogP contribution < -0.4 is 0 Å². The Bertz CT molecular complexity index is 599. The third-order valence-corrected chi connectivity index (χ3v) is 3.88. The highest BCUT2D eigenvalue weighted by Gasteiger charge is 2.20. The first kappa shape index (κ1) is 12.3. The van der Waals surface area contributed by atoms with Crippen molar-refractivity contribution in [1.82, 2.24) is 4.57 Å². The second-order valence-corrected chi connectivity index (χ2v) is 5.83. The Balaban J connectivity index is 2.62. The van der Waals surface area contributed by atoms with Crippen molar-refractivity contribution in [3.63, 3.8) is 0 Å². The van der Waals surface area contributed by atoms with Gasteiger partial charge in [0, 0.05) is 12.3 Å². The predicted octanol–water partition coefficient (Wildman–Crippen LogP) is 3.30. The van der Waals surface area contributed by atoms with Crippen LogP contribution in [0.4, 0.5) is 0 Å². The minimum absolute atomic E-state index is 0.197. The minimum Gasteiger partial charge on any atom is -0.461 e. The van der Waals surface area contributed by atoms with E-state index in [9.17, 15) is 9.59 Å². The number of ether oxygens (including phenoxy) is 1. The molecule has 2 rings (SSSR count). The molecule has 90 valence electrons. The molecular weight excluding hydrogens is 306 g/mol. The number of carbonyl (C=O) groups is 2. The molecule has 0 saturated heterocycles. The topological polar surface area (TPSA) is 48.3 Å². The van der Waals surface area contributed by atoms with Crippen molar-refractivity contribution in [2.45, 2.75) is 13.8 Å². The normalized spacial score (nSPS) is 10.8. The number of nitrogens with zero attached hydrogens (tertiary/aromatic N) is 1. The van der Waals surface area contributed by atoms with Crippen LogP contribution in [0.3, 0.4) is 0 Å². The smallest absolute Gasteiger partial charge is 0.355 e. The zero-order chi connectivity index (χ0) is 12.6.